The average molecular weight is 370 g/mol. The van der Waals surface area contributed by atoms with Gasteiger partial charge in [-0.3, -0.25) is 9.59 Å². The van der Waals surface area contributed by atoms with E-state index in [1.807, 2.05) is 0 Å². The van der Waals surface area contributed by atoms with Crippen LogP contribution >= 0.6 is 15.9 Å². The minimum Gasteiger partial charge on any atom is -0.480 e. The first-order chi connectivity index (χ1) is 9.43. The second-order valence-electron chi connectivity index (χ2n) is 4.57. The molecule has 1 aromatic carbocycles. The number of benzene rings is 1. The third-order valence-electron chi connectivity index (χ3n) is 2.52. The van der Waals surface area contributed by atoms with Gasteiger partial charge in [0.25, 0.3) is 0 Å². The van der Waals surface area contributed by atoms with E-state index in [0.717, 1.165) is 19.9 Å². The number of hydrogen-bond donors (Lipinski definition) is 2. The second-order valence-corrected chi connectivity index (χ2v) is 5.49. The fraction of sp³-hybridized carbons (Fsp3) is 0.333. The Kier molecular flexibility index (Phi) is 4.87. The number of carboxylic acid groups (broad SMARTS) is 1. The van der Waals surface area contributed by atoms with Gasteiger partial charge in [0.2, 0.25) is 5.91 Å². The van der Waals surface area contributed by atoms with Gasteiger partial charge in [-0.2, -0.15) is 0 Å². The van der Waals surface area contributed by atoms with Crippen molar-refractivity contribution >= 4 is 33.5 Å². The van der Waals surface area contributed by atoms with Crippen molar-refractivity contribution in [2.45, 2.75) is 20.2 Å². The molecule has 0 aliphatic heterocycles. The Hall–Kier alpha value is -1.77. The zero-order valence-corrected chi connectivity index (χ0v) is 12.5. The van der Waals surface area contributed by atoms with E-state index in [9.17, 15) is 22.8 Å². The topological polar surface area (TPSA) is 75.6 Å². The molecule has 0 atom stereocenters. The van der Waals surface area contributed by atoms with Crippen LogP contribution in [0.25, 0.3) is 0 Å². The predicted octanol–water partition coefficient (Wildman–Crippen LogP) is 3.40. The molecule has 0 spiro atoms. The van der Waals surface area contributed by atoms with Crippen molar-refractivity contribution in [2.24, 2.45) is 5.41 Å². The SMILES string of the molecule is CC(C)(C(=O)O)C(=O)Nc1ccc(Br)cc1OC(F)(F)F. The van der Waals surface area contributed by atoms with Gasteiger partial charge in [-0.05, 0) is 32.0 Å². The summed E-state index contributed by atoms with van der Waals surface area (Å²) in [6.07, 6.45) is -4.94. The largest absolute Gasteiger partial charge is 0.573 e. The minimum absolute atomic E-state index is 0.283. The molecule has 0 saturated heterocycles. The van der Waals surface area contributed by atoms with Crippen molar-refractivity contribution in [3.05, 3.63) is 22.7 Å². The van der Waals surface area contributed by atoms with Crippen molar-refractivity contribution in [1.29, 1.82) is 0 Å². The van der Waals surface area contributed by atoms with Crippen molar-refractivity contribution in [1.82, 2.24) is 0 Å². The molecular formula is C12H11BrF3NO4. The minimum atomic E-state index is -4.94. The lowest BCUT2D eigenvalue weighted by Gasteiger charge is -2.20. The van der Waals surface area contributed by atoms with Crippen LogP contribution in [0.2, 0.25) is 0 Å². The first kappa shape index (κ1) is 17.3. The number of carbonyl (C=O) groups is 2. The highest BCUT2D eigenvalue weighted by Gasteiger charge is 2.37. The summed E-state index contributed by atoms with van der Waals surface area (Å²) in [5.41, 5.74) is -2.09. The van der Waals surface area contributed by atoms with Crippen LogP contribution in [0.1, 0.15) is 13.8 Å². The fourth-order valence-electron chi connectivity index (χ4n) is 1.18. The summed E-state index contributed by atoms with van der Waals surface area (Å²) in [6.45, 7) is 2.27. The standard InChI is InChI=1S/C12H11BrF3NO4/c1-11(2,10(19)20)9(18)17-7-4-3-6(13)5-8(7)21-12(14,15)16/h3-5H,1-2H3,(H,17,18)(H,19,20). The van der Waals surface area contributed by atoms with E-state index in [1.54, 1.807) is 0 Å². The number of alkyl halides is 3. The van der Waals surface area contributed by atoms with Crippen molar-refractivity contribution < 1.29 is 32.6 Å². The molecule has 0 aliphatic rings. The van der Waals surface area contributed by atoms with Gasteiger partial charge in [0.15, 0.2) is 5.75 Å². The molecule has 9 heteroatoms. The lowest BCUT2D eigenvalue weighted by Crippen LogP contribution is -2.38. The van der Waals surface area contributed by atoms with Crippen molar-refractivity contribution in [3.63, 3.8) is 0 Å². The smallest absolute Gasteiger partial charge is 0.480 e. The van der Waals surface area contributed by atoms with Gasteiger partial charge in [0.1, 0.15) is 5.41 Å². The molecule has 0 unspecified atom stereocenters. The van der Waals surface area contributed by atoms with E-state index in [-0.39, 0.29) is 5.69 Å². The number of carboxylic acids is 1. The van der Waals surface area contributed by atoms with Crippen LogP contribution in [0.4, 0.5) is 18.9 Å². The number of ether oxygens (including phenoxy) is 1. The van der Waals surface area contributed by atoms with Gasteiger partial charge in [-0.15, -0.1) is 13.2 Å². The Morgan fingerprint density at radius 3 is 2.33 bits per heavy atom. The van der Waals surface area contributed by atoms with E-state index in [1.165, 1.54) is 12.1 Å². The summed E-state index contributed by atoms with van der Waals surface area (Å²) in [4.78, 5) is 22.8. The Morgan fingerprint density at radius 1 is 1.29 bits per heavy atom. The molecule has 21 heavy (non-hydrogen) atoms. The van der Waals surface area contributed by atoms with E-state index < -0.39 is 29.4 Å². The first-order valence-electron chi connectivity index (χ1n) is 5.53. The molecule has 0 fully saturated rings. The highest BCUT2D eigenvalue weighted by atomic mass is 79.9. The third kappa shape index (κ3) is 4.62. The molecule has 0 saturated carbocycles. The summed E-state index contributed by atoms with van der Waals surface area (Å²) in [5, 5.41) is 11.0. The second kappa shape index (κ2) is 5.92. The van der Waals surface area contributed by atoms with Crippen LogP contribution in [0.3, 0.4) is 0 Å². The number of carbonyl (C=O) groups excluding carboxylic acids is 1. The summed E-state index contributed by atoms with van der Waals surface area (Å²) >= 11 is 2.98. The maximum atomic E-state index is 12.3. The molecule has 1 rings (SSSR count). The molecule has 2 N–H and O–H groups in total. The number of nitrogens with one attached hydrogen (secondary N) is 1. The Bertz CT molecular complexity index is 572. The number of anilines is 1. The van der Waals surface area contributed by atoms with E-state index in [0.29, 0.717) is 4.47 Å². The maximum absolute atomic E-state index is 12.3. The molecule has 0 aliphatic carbocycles. The van der Waals surface area contributed by atoms with Gasteiger partial charge in [-0.25, -0.2) is 0 Å². The predicted molar refractivity (Wildman–Crippen MR) is 70.9 cm³/mol. The Labute approximate surface area is 126 Å². The Balaban J connectivity index is 3.09. The lowest BCUT2D eigenvalue weighted by molar-refractivity contribution is -0.274. The van der Waals surface area contributed by atoms with Crippen LogP contribution in [-0.2, 0) is 9.59 Å². The van der Waals surface area contributed by atoms with Crippen LogP contribution in [0.5, 0.6) is 5.75 Å². The van der Waals surface area contributed by atoms with Gasteiger partial charge in [-0.1, -0.05) is 15.9 Å². The average Bonchev–Trinajstić information content (AvgIpc) is 2.30. The zero-order chi connectivity index (χ0) is 16.4. The van der Waals surface area contributed by atoms with E-state index >= 15 is 0 Å². The first-order valence-corrected chi connectivity index (χ1v) is 6.33. The van der Waals surface area contributed by atoms with Gasteiger partial charge < -0.3 is 15.2 Å². The molecule has 0 aromatic heterocycles. The number of halogens is 4. The number of amides is 1. The molecule has 116 valence electrons. The molecule has 0 radical (unpaired) electrons. The van der Waals surface area contributed by atoms with Gasteiger partial charge in [0, 0.05) is 4.47 Å². The van der Waals surface area contributed by atoms with Crippen LogP contribution in [-0.4, -0.2) is 23.3 Å². The van der Waals surface area contributed by atoms with Crippen molar-refractivity contribution in [2.75, 3.05) is 5.32 Å². The molecular weight excluding hydrogens is 359 g/mol. The lowest BCUT2D eigenvalue weighted by atomic mass is 9.92. The quantitative estimate of drug-likeness (QED) is 0.797. The highest BCUT2D eigenvalue weighted by Crippen LogP contribution is 2.34. The van der Waals surface area contributed by atoms with Crippen molar-refractivity contribution in [3.8, 4) is 5.75 Å². The molecule has 0 bridgehead atoms. The number of hydrogen-bond acceptors (Lipinski definition) is 3. The number of aliphatic carboxylic acids is 1. The highest BCUT2D eigenvalue weighted by molar-refractivity contribution is 9.10. The fourth-order valence-corrected chi connectivity index (χ4v) is 1.52. The van der Waals surface area contributed by atoms with Crippen LogP contribution in [0.15, 0.2) is 22.7 Å². The number of rotatable bonds is 4. The molecule has 1 aromatic rings. The monoisotopic (exact) mass is 369 g/mol. The van der Waals surface area contributed by atoms with Gasteiger partial charge in [0.05, 0.1) is 5.69 Å². The molecule has 1 amide bonds. The van der Waals surface area contributed by atoms with Crippen LogP contribution < -0.4 is 10.1 Å². The summed E-state index contributed by atoms with van der Waals surface area (Å²) in [6, 6.07) is 3.56. The third-order valence-corrected chi connectivity index (χ3v) is 3.01. The van der Waals surface area contributed by atoms with Gasteiger partial charge >= 0.3 is 12.3 Å². The summed E-state index contributed by atoms with van der Waals surface area (Å²) in [5.74, 6) is -3.02. The normalized spacial score (nSPS) is 11.9. The van der Waals surface area contributed by atoms with E-state index in [4.69, 9.17) is 5.11 Å². The maximum Gasteiger partial charge on any atom is 0.573 e. The molecule has 5 nitrogen and oxygen atoms in total. The molecule has 0 heterocycles. The van der Waals surface area contributed by atoms with Crippen LogP contribution in [0, 0.1) is 5.41 Å². The summed E-state index contributed by atoms with van der Waals surface area (Å²) < 4.78 is 41.0. The van der Waals surface area contributed by atoms with E-state index in [2.05, 4.69) is 26.0 Å². The zero-order valence-electron chi connectivity index (χ0n) is 10.9. The summed E-state index contributed by atoms with van der Waals surface area (Å²) in [7, 11) is 0. The Morgan fingerprint density at radius 2 is 1.86 bits per heavy atom.